The van der Waals surface area contributed by atoms with Gasteiger partial charge in [0.1, 0.15) is 12.4 Å². The smallest absolute Gasteiger partial charge is 0.119 e. The molecule has 1 aromatic carbocycles. The zero-order valence-electron chi connectivity index (χ0n) is 24.0. The quantitative estimate of drug-likeness (QED) is 0.122. The summed E-state index contributed by atoms with van der Waals surface area (Å²) in [5, 5.41) is 0. The molecule has 0 unspecified atom stereocenters. The monoisotopic (exact) mass is 560 g/mol. The lowest BCUT2D eigenvalue weighted by atomic mass is 10.3. The molecule has 0 N–H and O–H groups in total. The molecule has 39 heavy (non-hydrogen) atoms. The zero-order valence-corrected chi connectivity index (χ0v) is 24.0. The summed E-state index contributed by atoms with van der Waals surface area (Å²) < 4.78 is 54.8. The van der Waals surface area contributed by atoms with Gasteiger partial charge >= 0.3 is 0 Å². The van der Waals surface area contributed by atoms with Gasteiger partial charge in [-0.05, 0) is 18.6 Å². The highest BCUT2D eigenvalue weighted by Crippen LogP contribution is 2.07. The van der Waals surface area contributed by atoms with Crippen LogP contribution in [-0.4, -0.2) is 126 Å². The van der Waals surface area contributed by atoms with E-state index in [2.05, 4.69) is 6.92 Å². The lowest BCUT2D eigenvalue weighted by Gasteiger charge is -2.09. The predicted molar refractivity (Wildman–Crippen MR) is 149 cm³/mol. The molecule has 0 aromatic heterocycles. The van der Waals surface area contributed by atoms with Gasteiger partial charge in [-0.3, -0.25) is 0 Å². The summed E-state index contributed by atoms with van der Waals surface area (Å²) in [4.78, 5) is 0. The zero-order chi connectivity index (χ0) is 27.7. The first-order valence-electron chi connectivity index (χ1n) is 14.3. The van der Waals surface area contributed by atoms with Crippen LogP contribution >= 0.6 is 0 Å². The highest BCUT2D eigenvalue weighted by Gasteiger charge is 1.96. The summed E-state index contributed by atoms with van der Waals surface area (Å²) in [6, 6.07) is 9.68. The van der Waals surface area contributed by atoms with Crippen LogP contribution in [0.3, 0.4) is 0 Å². The highest BCUT2D eigenvalue weighted by molar-refractivity contribution is 5.20. The van der Waals surface area contributed by atoms with E-state index in [1.807, 2.05) is 30.3 Å². The normalized spacial score (nSPS) is 11.3. The van der Waals surface area contributed by atoms with Crippen LogP contribution < -0.4 is 4.74 Å². The van der Waals surface area contributed by atoms with E-state index in [0.717, 1.165) is 18.8 Å². The Labute approximate surface area is 235 Å². The van der Waals surface area contributed by atoms with Crippen LogP contribution in [0.1, 0.15) is 26.2 Å². The second kappa shape index (κ2) is 31.2. The molecule has 1 aromatic rings. The Balaban J connectivity index is 1.62. The number of benzene rings is 1. The number of unbranched alkanes of at least 4 members (excludes halogenated alkanes) is 2. The van der Waals surface area contributed by atoms with Gasteiger partial charge in [0, 0.05) is 6.61 Å². The largest absolute Gasteiger partial charge is 0.491 e. The number of hydrogen-bond acceptors (Lipinski definition) is 10. The molecule has 0 spiro atoms. The lowest BCUT2D eigenvalue weighted by molar-refractivity contribution is -0.0254. The van der Waals surface area contributed by atoms with Crippen molar-refractivity contribution in [2.24, 2.45) is 0 Å². The average Bonchev–Trinajstić information content (AvgIpc) is 2.96. The van der Waals surface area contributed by atoms with Gasteiger partial charge in [0.05, 0.1) is 112 Å². The van der Waals surface area contributed by atoms with Crippen LogP contribution in [0.2, 0.25) is 0 Å². The molecule has 0 aliphatic rings. The van der Waals surface area contributed by atoms with Crippen molar-refractivity contribution in [3.05, 3.63) is 30.3 Å². The van der Waals surface area contributed by atoms with Crippen molar-refractivity contribution in [3.8, 4) is 5.75 Å². The summed E-state index contributed by atoms with van der Waals surface area (Å²) in [6.45, 7) is 12.8. The Hall–Kier alpha value is -1.34. The van der Waals surface area contributed by atoms with Crippen LogP contribution in [0.4, 0.5) is 0 Å². The summed E-state index contributed by atoms with van der Waals surface area (Å²) in [5.74, 6) is 0.848. The van der Waals surface area contributed by atoms with Crippen molar-refractivity contribution >= 4 is 0 Å². The second-order valence-electron chi connectivity index (χ2n) is 8.38. The van der Waals surface area contributed by atoms with Crippen molar-refractivity contribution in [1.82, 2.24) is 0 Å². The maximum Gasteiger partial charge on any atom is 0.119 e. The van der Waals surface area contributed by atoms with Gasteiger partial charge in [0.2, 0.25) is 0 Å². The molecule has 0 aliphatic carbocycles. The first-order valence-corrected chi connectivity index (χ1v) is 14.3. The molecule has 0 fully saturated rings. The minimum atomic E-state index is 0.522. The molecule has 10 nitrogen and oxygen atoms in total. The van der Waals surface area contributed by atoms with Crippen molar-refractivity contribution in [3.63, 3.8) is 0 Å². The van der Waals surface area contributed by atoms with Crippen LogP contribution in [0.15, 0.2) is 30.3 Å². The topological polar surface area (TPSA) is 92.3 Å². The van der Waals surface area contributed by atoms with Gasteiger partial charge < -0.3 is 47.4 Å². The molecule has 0 aliphatic heterocycles. The molecule has 0 radical (unpaired) electrons. The van der Waals surface area contributed by atoms with E-state index in [0.29, 0.717) is 119 Å². The minimum Gasteiger partial charge on any atom is -0.491 e. The standard InChI is InChI=1S/C29H52O10/c1-2-3-7-10-30-11-12-31-13-14-32-15-16-33-17-18-34-19-20-35-21-22-36-23-24-37-25-26-38-27-28-39-29-8-5-4-6-9-29/h4-6,8-9H,2-3,7,10-28H2,1H3. The van der Waals surface area contributed by atoms with Crippen LogP contribution in [0.25, 0.3) is 0 Å². The molecular weight excluding hydrogens is 508 g/mol. The van der Waals surface area contributed by atoms with E-state index in [1.54, 1.807) is 0 Å². The van der Waals surface area contributed by atoms with E-state index in [9.17, 15) is 0 Å². The van der Waals surface area contributed by atoms with Gasteiger partial charge in [0.15, 0.2) is 0 Å². The molecule has 0 heterocycles. The molecule has 0 amide bonds. The fourth-order valence-electron chi connectivity index (χ4n) is 3.05. The van der Waals surface area contributed by atoms with Crippen molar-refractivity contribution < 1.29 is 47.4 Å². The molecule has 0 saturated heterocycles. The predicted octanol–water partition coefficient (Wildman–Crippen LogP) is 3.41. The molecule has 0 atom stereocenters. The summed E-state index contributed by atoms with van der Waals surface area (Å²) >= 11 is 0. The first kappa shape index (κ1) is 35.7. The lowest BCUT2D eigenvalue weighted by Crippen LogP contribution is -2.15. The summed E-state index contributed by atoms with van der Waals surface area (Å²) in [5.41, 5.74) is 0. The molecule has 10 heteroatoms. The molecular formula is C29H52O10. The fourth-order valence-corrected chi connectivity index (χ4v) is 3.05. The SMILES string of the molecule is CCCCCOCCOCCOCCOCCOCCOCCOCCOCCOCCOc1ccccc1. The van der Waals surface area contributed by atoms with Gasteiger partial charge in [-0.1, -0.05) is 38.0 Å². The van der Waals surface area contributed by atoms with Crippen LogP contribution in [0.5, 0.6) is 5.75 Å². The molecule has 1 rings (SSSR count). The minimum absolute atomic E-state index is 0.522. The fraction of sp³-hybridized carbons (Fsp3) is 0.793. The molecule has 0 bridgehead atoms. The Morgan fingerprint density at radius 2 is 0.667 bits per heavy atom. The van der Waals surface area contributed by atoms with Crippen LogP contribution in [-0.2, 0) is 42.6 Å². The maximum absolute atomic E-state index is 5.55. The van der Waals surface area contributed by atoms with Gasteiger partial charge in [-0.15, -0.1) is 0 Å². The highest BCUT2D eigenvalue weighted by atomic mass is 16.6. The van der Waals surface area contributed by atoms with E-state index in [4.69, 9.17) is 47.4 Å². The third kappa shape index (κ3) is 28.0. The van der Waals surface area contributed by atoms with E-state index >= 15 is 0 Å². The van der Waals surface area contributed by atoms with E-state index in [-0.39, 0.29) is 0 Å². The van der Waals surface area contributed by atoms with Gasteiger partial charge in [-0.25, -0.2) is 0 Å². The van der Waals surface area contributed by atoms with E-state index in [1.165, 1.54) is 12.8 Å². The summed E-state index contributed by atoms with van der Waals surface area (Å²) in [7, 11) is 0. The Morgan fingerprint density at radius 3 is 1.00 bits per heavy atom. The second-order valence-corrected chi connectivity index (χ2v) is 8.38. The maximum atomic E-state index is 5.55. The Kier molecular flexibility index (Phi) is 28.5. The third-order valence-corrected chi connectivity index (χ3v) is 5.11. The van der Waals surface area contributed by atoms with Gasteiger partial charge in [-0.2, -0.15) is 0 Å². The Bertz CT molecular complexity index is 578. The number of para-hydroxylation sites is 1. The molecule has 0 saturated carbocycles. The van der Waals surface area contributed by atoms with Gasteiger partial charge in [0.25, 0.3) is 0 Å². The Morgan fingerprint density at radius 1 is 0.359 bits per heavy atom. The van der Waals surface area contributed by atoms with Crippen molar-refractivity contribution in [2.75, 3.05) is 126 Å². The third-order valence-electron chi connectivity index (χ3n) is 5.11. The van der Waals surface area contributed by atoms with E-state index < -0.39 is 0 Å². The average molecular weight is 561 g/mol. The number of hydrogen-bond donors (Lipinski definition) is 0. The van der Waals surface area contributed by atoms with Crippen molar-refractivity contribution in [2.45, 2.75) is 26.2 Å². The number of ether oxygens (including phenoxy) is 10. The van der Waals surface area contributed by atoms with Crippen molar-refractivity contribution in [1.29, 1.82) is 0 Å². The summed E-state index contributed by atoms with van der Waals surface area (Å²) in [6.07, 6.45) is 3.55. The number of rotatable bonds is 32. The van der Waals surface area contributed by atoms with Crippen LogP contribution in [0, 0.1) is 0 Å². The molecule has 228 valence electrons. The first-order chi connectivity index (χ1) is 19.4.